The number of methoxy groups -OCH3 is 1. The Hall–Kier alpha value is -2.07. The zero-order valence-corrected chi connectivity index (χ0v) is 15.5. The van der Waals surface area contributed by atoms with E-state index in [0.717, 1.165) is 42.4 Å². The van der Waals surface area contributed by atoms with Crippen LogP contribution in [-0.4, -0.2) is 31.7 Å². The molecular weight excluding hydrogens is 316 g/mol. The van der Waals surface area contributed by atoms with Gasteiger partial charge in [0.25, 0.3) is 0 Å². The van der Waals surface area contributed by atoms with E-state index in [0.29, 0.717) is 0 Å². The molecule has 2 aromatic carbocycles. The lowest BCUT2D eigenvalue weighted by Gasteiger charge is -2.21. The van der Waals surface area contributed by atoms with Crippen LogP contribution in [0.25, 0.3) is 0 Å². The SMILES string of the molecule is CCN(CC)c1ccc(C(=S)NCCc2ccc(OC)cc2)cc1. The summed E-state index contributed by atoms with van der Waals surface area (Å²) in [6.07, 6.45) is 0.932. The minimum atomic E-state index is 0.801. The van der Waals surface area contributed by atoms with Crippen molar-refractivity contribution in [3.8, 4) is 5.75 Å². The molecule has 24 heavy (non-hydrogen) atoms. The summed E-state index contributed by atoms with van der Waals surface area (Å²) in [7, 11) is 1.68. The van der Waals surface area contributed by atoms with E-state index in [4.69, 9.17) is 17.0 Å². The number of hydrogen-bond donors (Lipinski definition) is 1. The number of anilines is 1. The lowest BCUT2D eigenvalue weighted by atomic mass is 10.1. The maximum absolute atomic E-state index is 5.50. The molecule has 0 saturated heterocycles. The van der Waals surface area contributed by atoms with Crippen LogP contribution in [0, 0.1) is 0 Å². The first-order chi connectivity index (χ1) is 11.7. The highest BCUT2D eigenvalue weighted by Crippen LogP contribution is 2.15. The number of benzene rings is 2. The largest absolute Gasteiger partial charge is 0.497 e. The highest BCUT2D eigenvalue weighted by atomic mass is 32.1. The van der Waals surface area contributed by atoms with Gasteiger partial charge in [-0.1, -0.05) is 24.4 Å². The third kappa shape index (κ3) is 4.96. The van der Waals surface area contributed by atoms with Crippen LogP contribution in [0.3, 0.4) is 0 Å². The number of hydrogen-bond acceptors (Lipinski definition) is 3. The van der Waals surface area contributed by atoms with Crippen LogP contribution in [0.1, 0.15) is 25.0 Å². The fourth-order valence-electron chi connectivity index (χ4n) is 2.63. The second-order valence-corrected chi connectivity index (χ2v) is 5.98. The summed E-state index contributed by atoms with van der Waals surface area (Å²) < 4.78 is 5.17. The number of nitrogens with zero attached hydrogens (tertiary/aromatic N) is 1. The van der Waals surface area contributed by atoms with Gasteiger partial charge in [-0.25, -0.2) is 0 Å². The zero-order chi connectivity index (χ0) is 17.4. The molecular formula is C20H26N2OS. The van der Waals surface area contributed by atoms with Gasteiger partial charge in [0, 0.05) is 30.9 Å². The number of thiocarbonyl (C=S) groups is 1. The molecule has 128 valence electrons. The second kappa shape index (κ2) is 9.28. The van der Waals surface area contributed by atoms with Crippen LogP contribution in [0.2, 0.25) is 0 Å². The molecule has 1 N–H and O–H groups in total. The minimum Gasteiger partial charge on any atom is -0.497 e. The molecule has 0 aliphatic carbocycles. The molecule has 0 saturated carbocycles. The van der Waals surface area contributed by atoms with Gasteiger partial charge in [-0.3, -0.25) is 0 Å². The fourth-order valence-corrected chi connectivity index (χ4v) is 2.87. The van der Waals surface area contributed by atoms with Crippen molar-refractivity contribution < 1.29 is 4.74 Å². The Balaban J connectivity index is 1.85. The van der Waals surface area contributed by atoms with Crippen LogP contribution in [-0.2, 0) is 6.42 Å². The maximum atomic E-state index is 5.50. The molecule has 4 heteroatoms. The highest BCUT2D eigenvalue weighted by Gasteiger charge is 2.04. The molecule has 0 aliphatic heterocycles. The predicted molar refractivity (Wildman–Crippen MR) is 106 cm³/mol. The zero-order valence-electron chi connectivity index (χ0n) is 14.7. The molecule has 3 nitrogen and oxygen atoms in total. The standard InChI is InChI=1S/C20H26N2OS/c1-4-22(5-2)18-10-8-17(9-11-18)20(24)21-15-14-16-6-12-19(23-3)13-7-16/h6-13H,4-5,14-15H2,1-3H3,(H,21,24). The molecule has 0 atom stereocenters. The quantitative estimate of drug-likeness (QED) is 0.732. The Bertz CT molecular complexity index is 634. The summed E-state index contributed by atoms with van der Waals surface area (Å²) in [5, 5.41) is 3.34. The van der Waals surface area contributed by atoms with Crippen molar-refractivity contribution in [1.29, 1.82) is 0 Å². The van der Waals surface area contributed by atoms with Crippen LogP contribution in [0.5, 0.6) is 5.75 Å². The third-order valence-electron chi connectivity index (χ3n) is 4.12. The van der Waals surface area contributed by atoms with E-state index in [1.807, 2.05) is 12.1 Å². The van der Waals surface area contributed by atoms with E-state index in [2.05, 4.69) is 60.5 Å². The van der Waals surface area contributed by atoms with Crippen molar-refractivity contribution >= 4 is 22.9 Å². The van der Waals surface area contributed by atoms with Gasteiger partial charge >= 0.3 is 0 Å². The summed E-state index contributed by atoms with van der Waals surface area (Å²) in [4.78, 5) is 3.12. The van der Waals surface area contributed by atoms with Gasteiger partial charge in [-0.15, -0.1) is 0 Å². The molecule has 0 bridgehead atoms. The predicted octanol–water partition coefficient (Wildman–Crippen LogP) is 4.05. The van der Waals surface area contributed by atoms with Crippen molar-refractivity contribution in [2.24, 2.45) is 0 Å². The molecule has 2 aromatic rings. The summed E-state index contributed by atoms with van der Waals surface area (Å²) >= 11 is 5.50. The van der Waals surface area contributed by atoms with Gasteiger partial charge in [0.15, 0.2) is 0 Å². The summed E-state index contributed by atoms with van der Waals surface area (Å²) in [6.45, 7) is 7.19. The monoisotopic (exact) mass is 342 g/mol. The lowest BCUT2D eigenvalue weighted by Crippen LogP contribution is -2.25. The van der Waals surface area contributed by atoms with Crippen molar-refractivity contribution in [2.45, 2.75) is 20.3 Å². The normalized spacial score (nSPS) is 10.3. The molecule has 0 aliphatic rings. The molecule has 0 fully saturated rings. The van der Waals surface area contributed by atoms with Gasteiger partial charge in [0.05, 0.1) is 7.11 Å². The van der Waals surface area contributed by atoms with Gasteiger partial charge in [0.1, 0.15) is 10.7 Å². The van der Waals surface area contributed by atoms with Crippen LogP contribution < -0.4 is 15.0 Å². The van der Waals surface area contributed by atoms with E-state index in [9.17, 15) is 0 Å². The smallest absolute Gasteiger partial charge is 0.118 e. The van der Waals surface area contributed by atoms with Crippen molar-refractivity contribution in [2.75, 3.05) is 31.6 Å². The molecule has 0 aromatic heterocycles. The molecule has 2 rings (SSSR count). The fraction of sp³-hybridized carbons (Fsp3) is 0.350. The number of ether oxygens (including phenoxy) is 1. The topological polar surface area (TPSA) is 24.5 Å². The number of rotatable bonds is 8. The summed E-state index contributed by atoms with van der Waals surface area (Å²) in [5.74, 6) is 0.885. The second-order valence-electron chi connectivity index (χ2n) is 5.57. The Labute approximate surface area is 150 Å². The number of nitrogens with one attached hydrogen (secondary N) is 1. The Morgan fingerprint density at radius 2 is 1.62 bits per heavy atom. The molecule has 0 amide bonds. The van der Waals surface area contributed by atoms with E-state index in [-0.39, 0.29) is 0 Å². The highest BCUT2D eigenvalue weighted by molar-refractivity contribution is 7.80. The van der Waals surface area contributed by atoms with E-state index < -0.39 is 0 Å². The minimum absolute atomic E-state index is 0.801. The van der Waals surface area contributed by atoms with E-state index >= 15 is 0 Å². The van der Waals surface area contributed by atoms with Crippen LogP contribution in [0.15, 0.2) is 48.5 Å². The van der Waals surface area contributed by atoms with E-state index in [1.165, 1.54) is 11.3 Å². The first-order valence-corrected chi connectivity index (χ1v) is 8.84. The molecule has 0 unspecified atom stereocenters. The van der Waals surface area contributed by atoms with Crippen molar-refractivity contribution in [3.63, 3.8) is 0 Å². The average molecular weight is 343 g/mol. The van der Waals surface area contributed by atoms with Gasteiger partial charge < -0.3 is 15.0 Å². The van der Waals surface area contributed by atoms with Crippen molar-refractivity contribution in [1.82, 2.24) is 5.32 Å². The Kier molecular flexibility index (Phi) is 7.07. The Morgan fingerprint density at radius 3 is 2.17 bits per heavy atom. The average Bonchev–Trinajstić information content (AvgIpc) is 2.64. The van der Waals surface area contributed by atoms with Crippen LogP contribution in [0.4, 0.5) is 5.69 Å². The van der Waals surface area contributed by atoms with Gasteiger partial charge in [-0.2, -0.15) is 0 Å². The summed E-state index contributed by atoms with van der Waals surface area (Å²) in [6, 6.07) is 16.6. The molecule has 0 spiro atoms. The first kappa shape index (κ1) is 18.3. The maximum Gasteiger partial charge on any atom is 0.118 e. The Morgan fingerprint density at radius 1 is 1.00 bits per heavy atom. The first-order valence-electron chi connectivity index (χ1n) is 8.44. The lowest BCUT2D eigenvalue weighted by molar-refractivity contribution is 0.414. The molecule has 0 heterocycles. The molecule has 0 radical (unpaired) electrons. The van der Waals surface area contributed by atoms with Crippen LogP contribution >= 0.6 is 12.2 Å². The van der Waals surface area contributed by atoms with Crippen molar-refractivity contribution in [3.05, 3.63) is 59.7 Å². The van der Waals surface area contributed by atoms with E-state index in [1.54, 1.807) is 7.11 Å². The van der Waals surface area contributed by atoms with Gasteiger partial charge in [0.2, 0.25) is 0 Å². The summed E-state index contributed by atoms with van der Waals surface area (Å²) in [5.41, 5.74) is 3.57. The third-order valence-corrected chi connectivity index (χ3v) is 4.50. The van der Waals surface area contributed by atoms with Gasteiger partial charge in [-0.05, 0) is 62.2 Å².